The molecule has 0 aliphatic rings. The van der Waals surface area contributed by atoms with E-state index in [9.17, 15) is 0 Å². The minimum atomic E-state index is 0.260. The van der Waals surface area contributed by atoms with Gasteiger partial charge in [0.1, 0.15) is 0 Å². The summed E-state index contributed by atoms with van der Waals surface area (Å²) >= 11 is 0. The average molecular weight is 197 g/mol. The van der Waals surface area contributed by atoms with Crippen LogP contribution < -0.4 is 5.32 Å². The Morgan fingerprint density at radius 3 is 2.21 bits per heavy atom. The summed E-state index contributed by atoms with van der Waals surface area (Å²) in [5, 5.41) is 3.50. The van der Waals surface area contributed by atoms with E-state index in [1.165, 1.54) is 12.8 Å². The molecule has 1 heteroatoms. The van der Waals surface area contributed by atoms with E-state index in [0.717, 1.165) is 11.8 Å². The van der Waals surface area contributed by atoms with Gasteiger partial charge in [0.15, 0.2) is 0 Å². The van der Waals surface area contributed by atoms with E-state index >= 15 is 0 Å². The molecule has 0 bridgehead atoms. The Morgan fingerprint density at radius 2 is 1.86 bits per heavy atom. The topological polar surface area (TPSA) is 12.0 Å². The van der Waals surface area contributed by atoms with Crippen molar-refractivity contribution in [2.24, 2.45) is 11.8 Å². The highest BCUT2D eigenvalue weighted by Crippen LogP contribution is 2.25. The Hall–Kier alpha value is -0.460. The SMILES string of the molecule is CC=CNC(C)(CC)CC(C)C(C)C. The van der Waals surface area contributed by atoms with Gasteiger partial charge >= 0.3 is 0 Å². The summed E-state index contributed by atoms with van der Waals surface area (Å²) in [5.41, 5.74) is 0.260. The molecule has 84 valence electrons. The van der Waals surface area contributed by atoms with Crippen LogP contribution in [0.25, 0.3) is 0 Å². The first-order valence-corrected chi connectivity index (χ1v) is 5.84. The molecule has 14 heavy (non-hydrogen) atoms. The summed E-state index contributed by atoms with van der Waals surface area (Å²) in [7, 11) is 0. The molecule has 1 N–H and O–H groups in total. The standard InChI is InChI=1S/C13H27N/c1-7-9-14-13(6,8-2)10-12(5)11(3)4/h7,9,11-12,14H,8,10H2,1-6H3. The number of allylic oxidation sites excluding steroid dienone is 1. The molecule has 0 radical (unpaired) electrons. The van der Waals surface area contributed by atoms with E-state index in [2.05, 4.69) is 59.1 Å². The molecule has 0 saturated carbocycles. The van der Waals surface area contributed by atoms with Crippen LogP contribution >= 0.6 is 0 Å². The predicted molar refractivity (Wildman–Crippen MR) is 65.3 cm³/mol. The minimum absolute atomic E-state index is 0.260. The van der Waals surface area contributed by atoms with Crippen molar-refractivity contribution in [3.8, 4) is 0 Å². The van der Waals surface area contributed by atoms with E-state index in [0.29, 0.717) is 0 Å². The van der Waals surface area contributed by atoms with Crippen molar-refractivity contribution >= 4 is 0 Å². The first kappa shape index (κ1) is 13.5. The first-order chi connectivity index (χ1) is 6.45. The van der Waals surface area contributed by atoms with Crippen LogP contribution in [0.1, 0.15) is 54.4 Å². The average Bonchev–Trinajstić information content (AvgIpc) is 2.14. The highest BCUT2D eigenvalue weighted by Gasteiger charge is 2.24. The summed E-state index contributed by atoms with van der Waals surface area (Å²) < 4.78 is 0. The Balaban J connectivity index is 4.23. The Kier molecular flexibility index (Phi) is 5.90. The third-order valence-electron chi connectivity index (χ3n) is 3.29. The molecule has 0 heterocycles. The monoisotopic (exact) mass is 197 g/mol. The molecular weight excluding hydrogens is 170 g/mol. The third kappa shape index (κ3) is 4.69. The van der Waals surface area contributed by atoms with Crippen molar-refractivity contribution in [3.63, 3.8) is 0 Å². The van der Waals surface area contributed by atoms with Crippen LogP contribution in [0, 0.1) is 11.8 Å². The maximum Gasteiger partial charge on any atom is 0.0340 e. The highest BCUT2D eigenvalue weighted by molar-refractivity contribution is 4.90. The Bertz CT molecular complexity index is 172. The smallest absolute Gasteiger partial charge is 0.0340 e. The molecule has 0 aromatic rings. The van der Waals surface area contributed by atoms with Crippen molar-refractivity contribution in [1.82, 2.24) is 5.32 Å². The Morgan fingerprint density at radius 1 is 1.29 bits per heavy atom. The van der Waals surface area contributed by atoms with Gasteiger partial charge in [-0.2, -0.15) is 0 Å². The fourth-order valence-electron chi connectivity index (χ4n) is 1.54. The molecule has 0 aromatic carbocycles. The van der Waals surface area contributed by atoms with Gasteiger partial charge in [0.2, 0.25) is 0 Å². The number of hydrogen-bond acceptors (Lipinski definition) is 1. The predicted octanol–water partition coefficient (Wildman–Crippen LogP) is 3.96. The maximum absolute atomic E-state index is 3.50. The van der Waals surface area contributed by atoms with Gasteiger partial charge in [-0.15, -0.1) is 0 Å². The lowest BCUT2D eigenvalue weighted by atomic mass is 9.82. The van der Waals surface area contributed by atoms with E-state index < -0.39 is 0 Å². The molecule has 0 amide bonds. The van der Waals surface area contributed by atoms with Crippen LogP contribution in [0.15, 0.2) is 12.3 Å². The van der Waals surface area contributed by atoms with Crippen molar-refractivity contribution in [1.29, 1.82) is 0 Å². The quantitative estimate of drug-likeness (QED) is 0.679. The van der Waals surface area contributed by atoms with Gasteiger partial charge in [-0.1, -0.05) is 33.8 Å². The normalized spacial score (nSPS) is 18.5. The van der Waals surface area contributed by atoms with Crippen LogP contribution in [0.4, 0.5) is 0 Å². The van der Waals surface area contributed by atoms with E-state index in [-0.39, 0.29) is 5.54 Å². The summed E-state index contributed by atoms with van der Waals surface area (Å²) in [6, 6.07) is 0. The summed E-state index contributed by atoms with van der Waals surface area (Å²) in [6.07, 6.45) is 6.55. The molecule has 0 aliphatic heterocycles. The van der Waals surface area contributed by atoms with E-state index in [4.69, 9.17) is 0 Å². The van der Waals surface area contributed by atoms with Crippen molar-refractivity contribution in [2.75, 3.05) is 0 Å². The fraction of sp³-hybridized carbons (Fsp3) is 0.846. The van der Waals surface area contributed by atoms with Gasteiger partial charge in [0, 0.05) is 5.54 Å². The second kappa shape index (κ2) is 6.10. The van der Waals surface area contributed by atoms with Gasteiger partial charge in [-0.25, -0.2) is 0 Å². The van der Waals surface area contributed by atoms with Gasteiger partial charge < -0.3 is 5.32 Å². The molecule has 2 unspecified atom stereocenters. The van der Waals surface area contributed by atoms with Crippen LogP contribution in [0.5, 0.6) is 0 Å². The third-order valence-corrected chi connectivity index (χ3v) is 3.29. The maximum atomic E-state index is 3.50. The van der Waals surface area contributed by atoms with Gasteiger partial charge in [0.25, 0.3) is 0 Å². The van der Waals surface area contributed by atoms with Crippen LogP contribution in [0.2, 0.25) is 0 Å². The number of rotatable bonds is 6. The number of nitrogens with one attached hydrogen (secondary N) is 1. The van der Waals surface area contributed by atoms with Crippen LogP contribution in [-0.2, 0) is 0 Å². The van der Waals surface area contributed by atoms with Gasteiger partial charge in [-0.3, -0.25) is 0 Å². The fourth-order valence-corrected chi connectivity index (χ4v) is 1.54. The van der Waals surface area contributed by atoms with Crippen molar-refractivity contribution in [3.05, 3.63) is 12.3 Å². The van der Waals surface area contributed by atoms with E-state index in [1.54, 1.807) is 0 Å². The molecule has 1 nitrogen and oxygen atoms in total. The molecule has 0 spiro atoms. The molecule has 0 aliphatic carbocycles. The summed E-state index contributed by atoms with van der Waals surface area (Å²) in [4.78, 5) is 0. The summed E-state index contributed by atoms with van der Waals surface area (Å²) in [5.74, 6) is 1.55. The molecular formula is C13H27N. The molecule has 0 saturated heterocycles. The van der Waals surface area contributed by atoms with Crippen molar-refractivity contribution in [2.45, 2.75) is 59.9 Å². The summed E-state index contributed by atoms with van der Waals surface area (Å²) in [6.45, 7) is 13.6. The lowest BCUT2D eigenvalue weighted by Gasteiger charge is -2.33. The number of hydrogen-bond donors (Lipinski definition) is 1. The largest absolute Gasteiger partial charge is 0.386 e. The molecule has 0 aromatic heterocycles. The van der Waals surface area contributed by atoms with Crippen LogP contribution in [0.3, 0.4) is 0 Å². The Labute approximate surface area is 90.0 Å². The van der Waals surface area contributed by atoms with Gasteiger partial charge in [0.05, 0.1) is 0 Å². The molecule has 0 fully saturated rings. The second-order valence-electron chi connectivity index (χ2n) is 4.98. The second-order valence-corrected chi connectivity index (χ2v) is 4.98. The first-order valence-electron chi connectivity index (χ1n) is 5.84. The highest BCUT2D eigenvalue weighted by atomic mass is 14.9. The van der Waals surface area contributed by atoms with Gasteiger partial charge in [-0.05, 0) is 44.7 Å². The zero-order valence-electron chi connectivity index (χ0n) is 10.7. The lowest BCUT2D eigenvalue weighted by Crippen LogP contribution is -2.40. The zero-order valence-corrected chi connectivity index (χ0v) is 10.7. The van der Waals surface area contributed by atoms with Crippen molar-refractivity contribution < 1.29 is 0 Å². The zero-order chi connectivity index (χ0) is 11.2. The molecule has 2 atom stereocenters. The molecule has 0 rings (SSSR count). The van der Waals surface area contributed by atoms with Crippen LogP contribution in [-0.4, -0.2) is 5.54 Å². The minimum Gasteiger partial charge on any atom is -0.386 e. The van der Waals surface area contributed by atoms with E-state index in [1.807, 2.05) is 0 Å². The lowest BCUT2D eigenvalue weighted by molar-refractivity contribution is 0.260.